The second-order valence-corrected chi connectivity index (χ2v) is 13.1. The third-order valence-electron chi connectivity index (χ3n) is 6.67. The first-order chi connectivity index (χ1) is 19.7. The molecule has 3 rings (SSSR count). The molecule has 1 aliphatic heterocycles. The molecule has 1 aromatic carbocycles. The molecule has 0 bridgehead atoms. The van der Waals surface area contributed by atoms with Crippen LogP contribution < -0.4 is 16.0 Å². The third-order valence-corrected chi connectivity index (χ3v) is 10.1. The minimum absolute atomic E-state index is 0.0154. The number of nitrogens with zero attached hydrogens (tertiary/aromatic N) is 4. The number of H-pyrrole nitrogens is 1. The number of aromatic amines is 1. The molecule has 16 heteroatoms. The van der Waals surface area contributed by atoms with E-state index in [2.05, 4.69) is 11.1 Å². The molecule has 0 saturated carbocycles. The summed E-state index contributed by atoms with van der Waals surface area (Å²) in [5, 5.41) is 20.1. The molecule has 2 N–H and O–H groups in total. The Kier molecular flexibility index (Phi) is 10.9. The van der Waals surface area contributed by atoms with Gasteiger partial charge in [0, 0.05) is 0 Å². The van der Waals surface area contributed by atoms with Gasteiger partial charge in [-0.25, -0.2) is 0 Å². The van der Waals surface area contributed by atoms with Crippen molar-refractivity contribution in [1.82, 2.24) is 14.2 Å². The van der Waals surface area contributed by atoms with Gasteiger partial charge in [0.05, 0.1) is 0 Å². The average Bonchev–Trinajstić information content (AvgIpc) is 3.29. The number of aryl methyl sites for hydroxylation is 1. The number of hydrogen-bond donors (Lipinski definition) is 2. The number of rotatable bonds is 12. The number of aromatic nitrogens is 2. The minimum atomic E-state index is -3.77. The first-order valence-corrected chi connectivity index (χ1v) is 15.4. The summed E-state index contributed by atoms with van der Waals surface area (Å²) >= 11 is 0. The van der Waals surface area contributed by atoms with Crippen molar-refractivity contribution >= 4 is 19.7 Å². The van der Waals surface area contributed by atoms with E-state index in [0.717, 1.165) is 0 Å². The molecular formula is C26H36N5O10P. The first-order valence-electron chi connectivity index (χ1n) is 13.4. The molecule has 1 aromatic heterocycles. The zero-order chi connectivity index (χ0) is 31.2. The number of carbonyl (C=O) groups is 1. The van der Waals surface area contributed by atoms with Crippen molar-refractivity contribution in [3.8, 4) is 11.8 Å². The Morgan fingerprint density at radius 2 is 1.93 bits per heavy atom. The van der Waals surface area contributed by atoms with E-state index < -0.39 is 55.2 Å². The topological polar surface area (TPSA) is 199 Å². The van der Waals surface area contributed by atoms with Crippen molar-refractivity contribution in [2.75, 3.05) is 12.8 Å². The van der Waals surface area contributed by atoms with Crippen molar-refractivity contribution in [2.45, 2.75) is 78.0 Å². The number of nitro groups is 1. The van der Waals surface area contributed by atoms with Crippen LogP contribution in [0.25, 0.3) is 0 Å². The van der Waals surface area contributed by atoms with Crippen molar-refractivity contribution in [1.29, 1.82) is 5.26 Å². The zero-order valence-corrected chi connectivity index (χ0v) is 25.0. The monoisotopic (exact) mass is 609 g/mol. The summed E-state index contributed by atoms with van der Waals surface area (Å²) in [6.07, 6.45) is -2.37. The van der Waals surface area contributed by atoms with E-state index in [0.29, 0.717) is 0 Å². The summed E-state index contributed by atoms with van der Waals surface area (Å²) in [7, 11) is -3.77. The number of hydrogen-bond acceptors (Lipinski definition) is 12. The van der Waals surface area contributed by atoms with Crippen LogP contribution in [-0.4, -0.2) is 67.3 Å². The summed E-state index contributed by atoms with van der Waals surface area (Å²) in [5.74, 6) is 0.0154. The Hall–Kier alpha value is -3.67. The maximum absolute atomic E-state index is 12.6. The fraction of sp³-hybridized carbons (Fsp3) is 0.538. The van der Waals surface area contributed by atoms with Crippen LogP contribution in [0.3, 0.4) is 0 Å². The first kappa shape index (κ1) is 32.8. The van der Waals surface area contributed by atoms with Gasteiger partial charge in [0.2, 0.25) is 0 Å². The van der Waals surface area contributed by atoms with Gasteiger partial charge in [-0.05, 0) is 0 Å². The van der Waals surface area contributed by atoms with E-state index >= 15 is 0 Å². The van der Waals surface area contributed by atoms with E-state index in [4.69, 9.17) is 18.7 Å². The van der Waals surface area contributed by atoms with Crippen LogP contribution in [0.4, 0.5) is 10.5 Å². The molecule has 3 atom stereocenters. The Morgan fingerprint density at radius 1 is 1.29 bits per heavy atom. The Bertz CT molecular complexity index is 1410. The van der Waals surface area contributed by atoms with Crippen molar-refractivity contribution in [3.63, 3.8) is 0 Å². The quantitative estimate of drug-likeness (QED) is 0.117. The van der Waals surface area contributed by atoms with Gasteiger partial charge < -0.3 is 0 Å². The molecule has 42 heavy (non-hydrogen) atoms. The van der Waals surface area contributed by atoms with Gasteiger partial charge in [-0.3, -0.25) is 10.1 Å². The van der Waals surface area contributed by atoms with Crippen molar-refractivity contribution in [3.05, 3.63) is 67.0 Å². The number of non-ortho nitro benzene ring substituents is 1. The standard InChI is InChI=1S/C26H36N5O10P/c1-16(2)30(17(3)4)42(37,12-6-11-27)41-21-13-23(29-14-18(5)24(32)28-25(29)33)40-22(21)15-38-26(34)39-20-9-7-19(8-10-20)31(35)36/h7-10,14,16-17,21-23,37,42H,6,12-13,15H2,1-5H3,(H,28,32,33)/t21-,22+,23+/m0/s1. The molecule has 2 heterocycles. The Morgan fingerprint density at radius 3 is 2.50 bits per heavy atom. The molecule has 1 fully saturated rings. The van der Waals surface area contributed by atoms with Crippen LogP contribution in [0.15, 0.2) is 40.1 Å². The predicted octanol–water partition coefficient (Wildman–Crippen LogP) is 3.16. The molecule has 0 unspecified atom stereocenters. The molecular weight excluding hydrogens is 573 g/mol. The van der Waals surface area contributed by atoms with Crippen molar-refractivity contribution < 1.29 is 33.3 Å². The SMILES string of the molecule is Cc1cn([C@H]2C[C@H](O[PH](O)(CCC#N)N(C(C)C)C(C)C)[C@@H](COC(=O)Oc3ccc([N+](=O)[O-])cc3)O2)c(=O)[nH]c1=O. The van der Waals surface area contributed by atoms with Crippen LogP contribution in [-0.2, 0) is 14.0 Å². The number of nitriles is 1. The number of ether oxygens (including phenoxy) is 3. The predicted molar refractivity (Wildman–Crippen MR) is 152 cm³/mol. The number of carbonyl (C=O) groups excluding carboxylic acids is 1. The van der Waals surface area contributed by atoms with Gasteiger partial charge in [-0.1, -0.05) is 0 Å². The zero-order valence-electron chi connectivity index (χ0n) is 24.0. The normalized spacial score (nSPS) is 19.2. The number of nitrogens with one attached hydrogen (secondary N) is 1. The molecule has 230 valence electrons. The van der Waals surface area contributed by atoms with Gasteiger partial charge in [-0.2, -0.15) is 0 Å². The molecule has 15 nitrogen and oxygen atoms in total. The molecule has 0 aliphatic carbocycles. The van der Waals surface area contributed by atoms with Crippen LogP contribution in [0.2, 0.25) is 0 Å². The molecule has 0 radical (unpaired) electrons. The van der Waals surface area contributed by atoms with Gasteiger partial charge in [0.25, 0.3) is 0 Å². The van der Waals surface area contributed by atoms with E-state index in [1.807, 2.05) is 32.4 Å². The summed E-state index contributed by atoms with van der Waals surface area (Å²) in [5.41, 5.74) is -1.17. The summed E-state index contributed by atoms with van der Waals surface area (Å²) in [6, 6.07) is 6.62. The molecule has 0 spiro atoms. The van der Waals surface area contributed by atoms with Crippen molar-refractivity contribution in [2.24, 2.45) is 0 Å². The molecule has 0 amide bonds. The van der Waals surface area contributed by atoms with Gasteiger partial charge in [0.15, 0.2) is 0 Å². The molecule has 1 aliphatic rings. The molecule has 2 aromatic rings. The second-order valence-electron chi connectivity index (χ2n) is 10.4. The second kappa shape index (κ2) is 14.0. The van der Waals surface area contributed by atoms with E-state index in [1.165, 1.54) is 42.0 Å². The Labute approximate surface area is 242 Å². The van der Waals surface area contributed by atoms with Crippen LogP contribution >= 0.6 is 7.87 Å². The van der Waals surface area contributed by atoms with Crippen LogP contribution in [0, 0.1) is 28.4 Å². The summed E-state index contributed by atoms with van der Waals surface area (Å²) in [6.45, 7) is 8.75. The Balaban J connectivity index is 1.86. The molecule has 1 saturated heterocycles. The van der Waals surface area contributed by atoms with Gasteiger partial charge >= 0.3 is 232 Å². The van der Waals surface area contributed by atoms with Crippen LogP contribution in [0.5, 0.6) is 5.75 Å². The fourth-order valence-corrected chi connectivity index (χ4v) is 8.25. The fourth-order valence-electron chi connectivity index (χ4n) is 4.97. The third kappa shape index (κ3) is 7.99. The van der Waals surface area contributed by atoms with Gasteiger partial charge in [0.1, 0.15) is 0 Å². The van der Waals surface area contributed by atoms with Crippen LogP contribution in [0.1, 0.15) is 52.3 Å². The summed E-state index contributed by atoms with van der Waals surface area (Å²) in [4.78, 5) is 61.3. The van der Waals surface area contributed by atoms with Gasteiger partial charge in [-0.15, -0.1) is 0 Å². The summed E-state index contributed by atoms with van der Waals surface area (Å²) < 4.78 is 25.9. The maximum atomic E-state index is 12.6. The van der Waals surface area contributed by atoms with E-state index in [1.54, 1.807) is 0 Å². The average molecular weight is 610 g/mol. The number of benzene rings is 1. The number of nitro benzene ring substituents is 1. The van der Waals surface area contributed by atoms with E-state index in [9.17, 15) is 34.7 Å². The van der Waals surface area contributed by atoms with E-state index in [-0.39, 0.29) is 48.1 Å².